The molecule has 0 radical (unpaired) electrons. The number of piperazine rings is 1. The number of benzene rings is 2. The number of methoxy groups -OCH3 is 2. The van der Waals surface area contributed by atoms with Crippen molar-refractivity contribution >= 4 is 11.9 Å². The highest BCUT2D eigenvalue weighted by atomic mass is 19.1. The quantitative estimate of drug-likeness (QED) is 0.612. The summed E-state index contributed by atoms with van der Waals surface area (Å²) in [6.45, 7) is 5.81. The molecule has 0 N–H and O–H groups in total. The van der Waals surface area contributed by atoms with E-state index < -0.39 is 5.97 Å². The van der Waals surface area contributed by atoms with Gasteiger partial charge in [0.2, 0.25) is 0 Å². The summed E-state index contributed by atoms with van der Waals surface area (Å²) in [5.41, 5.74) is 1.23. The summed E-state index contributed by atoms with van der Waals surface area (Å²) in [6, 6.07) is 11.4. The zero-order valence-corrected chi connectivity index (χ0v) is 18.8. The average Bonchev–Trinajstić information content (AvgIpc) is 2.80. The van der Waals surface area contributed by atoms with E-state index in [1.165, 1.54) is 32.4 Å². The summed E-state index contributed by atoms with van der Waals surface area (Å²) in [7, 11) is 2.78. The lowest BCUT2D eigenvalue weighted by atomic mass is 10.1. The first-order valence-corrected chi connectivity index (χ1v) is 10.5. The van der Waals surface area contributed by atoms with Crippen molar-refractivity contribution < 1.29 is 28.2 Å². The Morgan fingerprint density at radius 2 is 1.75 bits per heavy atom. The fourth-order valence-electron chi connectivity index (χ4n) is 3.84. The molecule has 1 saturated heterocycles. The molecule has 1 amide bonds. The maximum Gasteiger partial charge on any atom is 0.341 e. The molecule has 3 rings (SSSR count). The van der Waals surface area contributed by atoms with Crippen molar-refractivity contribution in [2.24, 2.45) is 0 Å². The Kier molecular flexibility index (Phi) is 7.69. The van der Waals surface area contributed by atoms with Crippen molar-refractivity contribution in [2.45, 2.75) is 32.5 Å². The topological polar surface area (TPSA) is 68.3 Å². The molecule has 32 heavy (non-hydrogen) atoms. The smallest absolute Gasteiger partial charge is 0.341 e. The van der Waals surface area contributed by atoms with E-state index in [0.29, 0.717) is 25.4 Å². The van der Waals surface area contributed by atoms with Crippen LogP contribution < -0.4 is 9.47 Å². The minimum Gasteiger partial charge on any atom is -0.497 e. The van der Waals surface area contributed by atoms with Crippen LogP contribution in [0.4, 0.5) is 4.39 Å². The van der Waals surface area contributed by atoms with Gasteiger partial charge in [-0.05, 0) is 49.7 Å². The Morgan fingerprint density at radius 1 is 1.03 bits per heavy atom. The van der Waals surface area contributed by atoms with Crippen LogP contribution >= 0.6 is 0 Å². The second-order valence-electron chi connectivity index (χ2n) is 7.94. The predicted molar refractivity (Wildman–Crippen MR) is 117 cm³/mol. The lowest BCUT2D eigenvalue weighted by molar-refractivity contribution is -0.139. The highest BCUT2D eigenvalue weighted by molar-refractivity contribution is 5.93. The van der Waals surface area contributed by atoms with Crippen molar-refractivity contribution in [3.63, 3.8) is 0 Å². The molecule has 2 aromatic rings. The molecule has 0 bridgehead atoms. The maximum absolute atomic E-state index is 13.2. The van der Waals surface area contributed by atoms with E-state index in [2.05, 4.69) is 11.8 Å². The van der Waals surface area contributed by atoms with Gasteiger partial charge in [0.25, 0.3) is 5.91 Å². The third-order valence-electron chi connectivity index (χ3n) is 5.68. The summed E-state index contributed by atoms with van der Waals surface area (Å²) in [5.74, 6) is -0.219. The number of carbonyl (C=O) groups excluding carboxylic acids is 2. The van der Waals surface area contributed by atoms with Crippen LogP contribution in [0.25, 0.3) is 0 Å². The van der Waals surface area contributed by atoms with Gasteiger partial charge in [0, 0.05) is 31.7 Å². The first-order chi connectivity index (χ1) is 15.3. The molecule has 1 aliphatic heterocycles. The lowest BCUT2D eigenvalue weighted by Crippen LogP contribution is -2.58. The standard InChI is InChI=1S/C24H29FN2O5/c1-16-13-27(17(2)12-26(16)14-18-5-7-19(25)8-6-18)23(28)15-32-22-10-9-20(30-3)11-21(22)24(29)31-4/h5-11,16-17H,12-15H2,1-4H3/t16-,17+/m0/s1. The van der Waals surface area contributed by atoms with Crippen LogP contribution in [0.5, 0.6) is 11.5 Å². The third-order valence-corrected chi connectivity index (χ3v) is 5.68. The number of hydrogen-bond donors (Lipinski definition) is 0. The van der Waals surface area contributed by atoms with Crippen molar-refractivity contribution in [1.29, 1.82) is 0 Å². The van der Waals surface area contributed by atoms with Crippen LogP contribution in [-0.2, 0) is 16.1 Å². The van der Waals surface area contributed by atoms with E-state index in [1.807, 2.05) is 6.92 Å². The van der Waals surface area contributed by atoms with Gasteiger partial charge in [0.15, 0.2) is 6.61 Å². The minimum atomic E-state index is -0.567. The molecule has 2 aromatic carbocycles. The monoisotopic (exact) mass is 444 g/mol. The Labute approximate surface area is 187 Å². The van der Waals surface area contributed by atoms with Crippen LogP contribution in [0.3, 0.4) is 0 Å². The molecule has 0 aliphatic carbocycles. The van der Waals surface area contributed by atoms with Gasteiger partial charge in [-0.1, -0.05) is 12.1 Å². The van der Waals surface area contributed by atoms with Gasteiger partial charge in [-0.2, -0.15) is 0 Å². The van der Waals surface area contributed by atoms with Gasteiger partial charge < -0.3 is 19.1 Å². The molecule has 0 unspecified atom stereocenters. The van der Waals surface area contributed by atoms with Gasteiger partial charge in [-0.3, -0.25) is 9.69 Å². The number of hydrogen-bond acceptors (Lipinski definition) is 6. The number of amides is 1. The zero-order chi connectivity index (χ0) is 23.3. The largest absolute Gasteiger partial charge is 0.497 e. The molecule has 1 heterocycles. The number of nitrogens with zero attached hydrogens (tertiary/aromatic N) is 2. The number of esters is 1. The van der Waals surface area contributed by atoms with Gasteiger partial charge in [0.05, 0.1) is 14.2 Å². The van der Waals surface area contributed by atoms with Crippen LogP contribution in [0.1, 0.15) is 29.8 Å². The fourth-order valence-corrected chi connectivity index (χ4v) is 3.84. The van der Waals surface area contributed by atoms with E-state index in [4.69, 9.17) is 14.2 Å². The third kappa shape index (κ3) is 5.56. The van der Waals surface area contributed by atoms with Crippen molar-refractivity contribution in [1.82, 2.24) is 9.80 Å². The molecule has 2 atom stereocenters. The first-order valence-electron chi connectivity index (χ1n) is 10.5. The normalized spacial score (nSPS) is 18.8. The van der Waals surface area contributed by atoms with E-state index in [0.717, 1.165) is 5.56 Å². The van der Waals surface area contributed by atoms with E-state index in [9.17, 15) is 14.0 Å². The van der Waals surface area contributed by atoms with E-state index in [1.54, 1.807) is 29.2 Å². The highest BCUT2D eigenvalue weighted by Crippen LogP contribution is 2.25. The van der Waals surface area contributed by atoms with Crippen molar-refractivity contribution in [2.75, 3.05) is 33.9 Å². The summed E-state index contributed by atoms with van der Waals surface area (Å²) in [6.07, 6.45) is 0. The molecule has 7 nitrogen and oxygen atoms in total. The molecule has 0 spiro atoms. The van der Waals surface area contributed by atoms with Gasteiger partial charge in [0.1, 0.15) is 22.9 Å². The molecule has 8 heteroatoms. The average molecular weight is 445 g/mol. The van der Waals surface area contributed by atoms with Crippen LogP contribution in [0.15, 0.2) is 42.5 Å². The fraction of sp³-hybridized carbons (Fsp3) is 0.417. The van der Waals surface area contributed by atoms with Gasteiger partial charge in [-0.25, -0.2) is 9.18 Å². The lowest BCUT2D eigenvalue weighted by Gasteiger charge is -2.44. The van der Waals surface area contributed by atoms with Gasteiger partial charge >= 0.3 is 5.97 Å². The van der Waals surface area contributed by atoms with E-state index in [-0.39, 0.29) is 41.7 Å². The SMILES string of the molecule is COC(=O)c1cc(OC)ccc1OCC(=O)N1C[C@H](C)N(Cc2ccc(F)cc2)C[C@H]1C. The minimum absolute atomic E-state index is 0.0151. The summed E-state index contributed by atoms with van der Waals surface area (Å²) >= 11 is 0. The van der Waals surface area contributed by atoms with Crippen molar-refractivity contribution in [3.05, 3.63) is 59.4 Å². The Hall–Kier alpha value is -3.13. The molecule has 172 valence electrons. The van der Waals surface area contributed by atoms with Crippen LogP contribution in [0.2, 0.25) is 0 Å². The maximum atomic E-state index is 13.2. The van der Waals surface area contributed by atoms with Gasteiger partial charge in [-0.15, -0.1) is 0 Å². The van der Waals surface area contributed by atoms with Crippen LogP contribution in [0, 0.1) is 5.82 Å². The molecular formula is C24H29FN2O5. The Morgan fingerprint density at radius 3 is 2.41 bits per heavy atom. The number of rotatable bonds is 7. The molecule has 1 fully saturated rings. The summed E-state index contributed by atoms with van der Waals surface area (Å²) in [5, 5.41) is 0. The Bertz CT molecular complexity index is 950. The zero-order valence-electron chi connectivity index (χ0n) is 18.8. The highest BCUT2D eigenvalue weighted by Gasteiger charge is 2.32. The first kappa shape index (κ1) is 23.5. The van der Waals surface area contributed by atoms with Crippen LogP contribution in [-0.4, -0.2) is 67.7 Å². The number of carbonyl (C=O) groups is 2. The second kappa shape index (κ2) is 10.5. The Balaban J connectivity index is 1.61. The van der Waals surface area contributed by atoms with Crippen molar-refractivity contribution in [3.8, 4) is 11.5 Å². The summed E-state index contributed by atoms with van der Waals surface area (Å²) in [4.78, 5) is 29.1. The van der Waals surface area contributed by atoms with E-state index >= 15 is 0 Å². The second-order valence-corrected chi connectivity index (χ2v) is 7.94. The number of ether oxygens (including phenoxy) is 3. The summed E-state index contributed by atoms with van der Waals surface area (Å²) < 4.78 is 28.8. The molecule has 1 aliphatic rings. The predicted octanol–water partition coefficient (Wildman–Crippen LogP) is 3.12. The molecule has 0 saturated carbocycles. The number of halogens is 1. The molecular weight excluding hydrogens is 415 g/mol. The molecule has 0 aromatic heterocycles.